The maximum Gasteiger partial charge on any atom is 0.414 e. The van der Waals surface area contributed by atoms with Gasteiger partial charge in [-0.25, -0.2) is 9.59 Å². The molecule has 0 aliphatic heterocycles. The maximum atomic E-state index is 9.10. The van der Waals surface area contributed by atoms with Gasteiger partial charge >= 0.3 is 11.9 Å². The molecule has 160 valence electrons. The Hall–Kier alpha value is -2.38. The highest BCUT2D eigenvalue weighted by Crippen LogP contribution is 2.26. The fourth-order valence-electron chi connectivity index (χ4n) is 2.86. The van der Waals surface area contributed by atoms with E-state index in [1.54, 1.807) is 6.20 Å². The Morgan fingerprint density at radius 1 is 1.03 bits per heavy atom. The molecule has 1 heterocycles. The summed E-state index contributed by atoms with van der Waals surface area (Å²) in [6, 6.07) is 7.96. The molecule has 0 amide bonds. The number of carboxylic acid groups (broad SMARTS) is 2. The molecule has 0 unspecified atom stereocenters. The summed E-state index contributed by atoms with van der Waals surface area (Å²) >= 11 is 6.23. The highest BCUT2D eigenvalue weighted by molar-refractivity contribution is 6.35. The van der Waals surface area contributed by atoms with Gasteiger partial charge < -0.3 is 20.4 Å². The molecule has 8 heteroatoms. The van der Waals surface area contributed by atoms with E-state index in [4.69, 9.17) is 31.4 Å². The van der Waals surface area contributed by atoms with E-state index in [-0.39, 0.29) is 0 Å². The van der Waals surface area contributed by atoms with Crippen LogP contribution in [0.5, 0.6) is 0 Å². The van der Waals surface area contributed by atoms with Crippen molar-refractivity contribution < 1.29 is 19.8 Å². The highest BCUT2D eigenvalue weighted by atomic mass is 35.5. The minimum absolute atomic E-state index is 0.759. The molecule has 1 aromatic carbocycles. The first-order valence-electron chi connectivity index (χ1n) is 9.86. The van der Waals surface area contributed by atoms with Crippen molar-refractivity contribution in [2.75, 3.05) is 31.5 Å². The van der Waals surface area contributed by atoms with Crippen LogP contribution in [0, 0.1) is 0 Å². The van der Waals surface area contributed by atoms with E-state index in [1.807, 2.05) is 18.2 Å². The van der Waals surface area contributed by atoms with Crippen LogP contribution in [0.2, 0.25) is 5.02 Å². The van der Waals surface area contributed by atoms with Gasteiger partial charge in [-0.05, 0) is 44.6 Å². The normalized spacial score (nSPS) is 10.5. The monoisotopic (exact) mass is 423 g/mol. The van der Waals surface area contributed by atoms with Crippen molar-refractivity contribution in [2.45, 2.75) is 39.5 Å². The molecule has 7 nitrogen and oxygen atoms in total. The van der Waals surface area contributed by atoms with Crippen LogP contribution in [0.15, 0.2) is 30.5 Å². The molecule has 0 saturated carbocycles. The van der Waals surface area contributed by atoms with E-state index >= 15 is 0 Å². The number of unbranched alkanes of at least 4 members (excludes halogenated alkanes) is 3. The lowest BCUT2D eigenvalue weighted by molar-refractivity contribution is -0.159. The van der Waals surface area contributed by atoms with Crippen molar-refractivity contribution in [1.29, 1.82) is 0 Å². The quantitative estimate of drug-likeness (QED) is 0.385. The summed E-state index contributed by atoms with van der Waals surface area (Å²) in [6.07, 6.45) is 6.83. The van der Waals surface area contributed by atoms with Crippen LogP contribution in [0.4, 0.5) is 5.69 Å². The molecule has 0 bridgehead atoms. The molecule has 0 aliphatic carbocycles. The molecule has 0 atom stereocenters. The van der Waals surface area contributed by atoms with E-state index in [1.165, 1.54) is 32.2 Å². The third kappa shape index (κ3) is 9.11. The number of nitrogens with one attached hydrogen (secondary N) is 1. The SMILES string of the molecule is CCN(CC)CCCCCCNc1cccc2c(Cl)ccnc12.O=C(O)C(=O)O. The Morgan fingerprint density at radius 3 is 2.31 bits per heavy atom. The Balaban J connectivity index is 0.000000612. The zero-order valence-corrected chi connectivity index (χ0v) is 17.8. The minimum atomic E-state index is -1.82. The number of halogens is 1. The predicted octanol–water partition coefficient (Wildman–Crippen LogP) is 4.36. The number of fused-ring (bicyclic) bond motifs is 1. The van der Waals surface area contributed by atoms with E-state index < -0.39 is 11.9 Å². The first-order chi connectivity index (χ1) is 13.9. The summed E-state index contributed by atoms with van der Waals surface area (Å²) < 4.78 is 0. The number of carboxylic acids is 2. The second-order valence-corrected chi connectivity index (χ2v) is 6.88. The highest BCUT2D eigenvalue weighted by Gasteiger charge is 2.05. The van der Waals surface area contributed by atoms with E-state index in [0.29, 0.717) is 0 Å². The summed E-state index contributed by atoms with van der Waals surface area (Å²) in [7, 11) is 0. The number of benzene rings is 1. The van der Waals surface area contributed by atoms with Gasteiger partial charge in [-0.3, -0.25) is 4.98 Å². The number of hydrogen-bond acceptors (Lipinski definition) is 5. The predicted molar refractivity (Wildman–Crippen MR) is 117 cm³/mol. The number of pyridine rings is 1. The molecule has 29 heavy (non-hydrogen) atoms. The summed E-state index contributed by atoms with van der Waals surface area (Å²) in [4.78, 5) is 25.1. The molecule has 2 rings (SSSR count). The second-order valence-electron chi connectivity index (χ2n) is 6.47. The van der Waals surface area contributed by atoms with Gasteiger partial charge in [0, 0.05) is 18.1 Å². The Kier molecular flexibility index (Phi) is 11.7. The number of carbonyl (C=O) groups is 2. The number of nitrogens with zero attached hydrogens (tertiary/aromatic N) is 2. The molecule has 3 N–H and O–H groups in total. The first kappa shape index (κ1) is 24.7. The Morgan fingerprint density at radius 2 is 1.69 bits per heavy atom. The van der Waals surface area contributed by atoms with Gasteiger partial charge in [-0.2, -0.15) is 0 Å². The number of para-hydroxylation sites is 1. The maximum absolute atomic E-state index is 9.10. The van der Waals surface area contributed by atoms with Crippen LogP contribution in [0.25, 0.3) is 10.9 Å². The summed E-state index contributed by atoms with van der Waals surface area (Å²) in [5, 5.41) is 20.1. The first-order valence-corrected chi connectivity index (χ1v) is 10.2. The second kappa shape index (κ2) is 13.7. The molecule has 0 fully saturated rings. The van der Waals surface area contributed by atoms with Crippen molar-refractivity contribution >= 4 is 40.1 Å². The molecule has 0 aliphatic rings. The lowest BCUT2D eigenvalue weighted by atomic mass is 10.1. The summed E-state index contributed by atoms with van der Waals surface area (Å²) in [5.41, 5.74) is 2.04. The molecular formula is C21H30ClN3O4. The number of rotatable bonds is 10. The van der Waals surface area contributed by atoms with Crippen molar-refractivity contribution in [1.82, 2.24) is 9.88 Å². The fraction of sp³-hybridized carbons (Fsp3) is 0.476. The number of anilines is 1. The van der Waals surface area contributed by atoms with Crippen LogP contribution in [-0.2, 0) is 9.59 Å². The van der Waals surface area contributed by atoms with Gasteiger partial charge in [-0.1, -0.05) is 50.4 Å². The van der Waals surface area contributed by atoms with Gasteiger partial charge in [-0.15, -0.1) is 0 Å². The van der Waals surface area contributed by atoms with Crippen molar-refractivity contribution in [3.63, 3.8) is 0 Å². The summed E-state index contributed by atoms with van der Waals surface area (Å²) in [6.45, 7) is 9.00. The van der Waals surface area contributed by atoms with Crippen LogP contribution in [0.1, 0.15) is 39.5 Å². The van der Waals surface area contributed by atoms with Gasteiger partial charge in [0.1, 0.15) is 0 Å². The van der Waals surface area contributed by atoms with Gasteiger partial charge in [0.25, 0.3) is 0 Å². The van der Waals surface area contributed by atoms with Crippen molar-refractivity contribution in [3.05, 3.63) is 35.5 Å². The third-order valence-electron chi connectivity index (χ3n) is 4.51. The van der Waals surface area contributed by atoms with E-state index in [9.17, 15) is 0 Å². The lowest BCUT2D eigenvalue weighted by Gasteiger charge is -2.17. The number of aromatic nitrogens is 1. The van der Waals surface area contributed by atoms with Crippen molar-refractivity contribution in [3.8, 4) is 0 Å². The lowest BCUT2D eigenvalue weighted by Crippen LogP contribution is -2.23. The van der Waals surface area contributed by atoms with E-state index in [2.05, 4.69) is 35.1 Å². The Labute approximate surface area is 176 Å². The standard InChI is InChI=1S/C19H28ClN3.C2H2O4/c1-3-23(4-2)15-8-6-5-7-13-21-18-11-9-10-16-17(20)12-14-22-19(16)18;3-1(4)2(5)6/h9-12,14,21H,3-8,13,15H2,1-2H3;(H,3,4)(H,5,6). The van der Waals surface area contributed by atoms with Gasteiger partial charge in [0.05, 0.1) is 16.2 Å². The Bertz CT molecular complexity index is 770. The minimum Gasteiger partial charge on any atom is -0.473 e. The van der Waals surface area contributed by atoms with Gasteiger partial charge in [0.15, 0.2) is 0 Å². The summed E-state index contributed by atoms with van der Waals surface area (Å²) in [5.74, 6) is -3.65. The van der Waals surface area contributed by atoms with Gasteiger partial charge in [0.2, 0.25) is 0 Å². The molecule has 0 radical (unpaired) electrons. The zero-order valence-electron chi connectivity index (χ0n) is 17.0. The largest absolute Gasteiger partial charge is 0.473 e. The molecule has 1 aromatic heterocycles. The van der Waals surface area contributed by atoms with Crippen molar-refractivity contribution in [2.24, 2.45) is 0 Å². The molecule has 0 spiro atoms. The zero-order chi connectivity index (χ0) is 21.6. The average molecular weight is 424 g/mol. The smallest absolute Gasteiger partial charge is 0.414 e. The third-order valence-corrected chi connectivity index (χ3v) is 4.84. The average Bonchev–Trinajstić information content (AvgIpc) is 2.71. The molecule has 2 aromatic rings. The van der Waals surface area contributed by atoms with Crippen LogP contribution in [-0.4, -0.2) is 58.2 Å². The van der Waals surface area contributed by atoms with Crippen LogP contribution < -0.4 is 5.32 Å². The number of hydrogen-bond donors (Lipinski definition) is 3. The van der Waals surface area contributed by atoms with Crippen LogP contribution >= 0.6 is 11.6 Å². The number of aliphatic carboxylic acids is 2. The molecular weight excluding hydrogens is 394 g/mol. The van der Waals surface area contributed by atoms with E-state index in [0.717, 1.165) is 41.2 Å². The molecule has 0 saturated heterocycles. The van der Waals surface area contributed by atoms with Crippen LogP contribution in [0.3, 0.4) is 0 Å². The fourth-order valence-corrected chi connectivity index (χ4v) is 3.07. The topological polar surface area (TPSA) is 103 Å².